The zero-order valence-corrected chi connectivity index (χ0v) is 19.4. The van der Waals surface area contributed by atoms with Gasteiger partial charge in [-0.05, 0) is 39.7 Å². The zero-order chi connectivity index (χ0) is 23.7. The monoisotopic (exact) mass is 452 g/mol. The van der Waals surface area contributed by atoms with Crippen molar-refractivity contribution < 1.29 is 28.8 Å². The number of imide groups is 1. The molecule has 2 N–H and O–H groups in total. The van der Waals surface area contributed by atoms with Crippen LogP contribution >= 0.6 is 0 Å². The fraction of sp³-hybridized carbons (Fsp3) is 0.773. The first-order valence-electron chi connectivity index (χ1n) is 11.5. The molecule has 2 fully saturated rings. The van der Waals surface area contributed by atoms with Gasteiger partial charge >= 0.3 is 5.97 Å². The number of carbonyl (C=O) groups excluding carboxylic acids is 5. The third kappa shape index (κ3) is 7.58. The molecular weight excluding hydrogens is 416 g/mol. The number of amides is 4. The molecule has 10 heteroatoms. The van der Waals surface area contributed by atoms with Crippen molar-refractivity contribution in [2.24, 2.45) is 5.41 Å². The fourth-order valence-corrected chi connectivity index (χ4v) is 4.07. The summed E-state index contributed by atoms with van der Waals surface area (Å²) in [5.41, 5.74) is -0.555. The van der Waals surface area contributed by atoms with Crippen LogP contribution in [0.5, 0.6) is 0 Å². The van der Waals surface area contributed by atoms with E-state index in [9.17, 15) is 24.0 Å². The number of hydroxylamine groups is 2. The summed E-state index contributed by atoms with van der Waals surface area (Å²) in [6.07, 6.45) is 4.61. The van der Waals surface area contributed by atoms with Gasteiger partial charge in [-0.3, -0.25) is 24.1 Å². The molecule has 180 valence electrons. The number of nitrogens with one attached hydrogen (secondary N) is 2. The Morgan fingerprint density at radius 2 is 1.72 bits per heavy atom. The third-order valence-corrected chi connectivity index (χ3v) is 5.82. The van der Waals surface area contributed by atoms with Crippen molar-refractivity contribution in [3.8, 4) is 0 Å². The largest absolute Gasteiger partial charge is 0.355 e. The van der Waals surface area contributed by atoms with E-state index in [1.165, 1.54) is 12.8 Å². The van der Waals surface area contributed by atoms with Crippen LogP contribution in [-0.4, -0.2) is 71.8 Å². The smallest absolute Gasteiger partial charge is 0.334 e. The van der Waals surface area contributed by atoms with Gasteiger partial charge in [0, 0.05) is 44.9 Å². The standard InChI is InChI=1S/C22H36N4O6/c1-4-6-16-7-5-14-25(16)15-22(2,3)21(31)24-12-10-17(27)23-13-11-20(30)32-26-18(28)8-9-19(26)29/h16H,4-15H2,1-3H3,(H,23,27)(H,24,31). The van der Waals surface area contributed by atoms with Gasteiger partial charge in [-0.2, -0.15) is 0 Å². The maximum atomic E-state index is 12.6. The van der Waals surface area contributed by atoms with Crippen LogP contribution in [-0.2, 0) is 28.8 Å². The zero-order valence-electron chi connectivity index (χ0n) is 19.4. The maximum absolute atomic E-state index is 12.6. The van der Waals surface area contributed by atoms with E-state index in [2.05, 4.69) is 22.5 Å². The minimum Gasteiger partial charge on any atom is -0.355 e. The molecule has 2 aliphatic rings. The summed E-state index contributed by atoms with van der Waals surface area (Å²) in [5.74, 6) is -2.26. The highest BCUT2D eigenvalue weighted by Crippen LogP contribution is 2.26. The summed E-state index contributed by atoms with van der Waals surface area (Å²) >= 11 is 0. The average Bonchev–Trinajstić information content (AvgIpc) is 3.28. The summed E-state index contributed by atoms with van der Waals surface area (Å²) in [6, 6.07) is 0.547. The van der Waals surface area contributed by atoms with Gasteiger partial charge in [0.2, 0.25) is 11.8 Å². The SMILES string of the molecule is CCCC1CCCN1CC(C)(C)C(=O)NCCC(=O)NCCC(=O)ON1C(=O)CCC1=O. The van der Waals surface area contributed by atoms with E-state index in [1.807, 2.05) is 13.8 Å². The number of nitrogens with zero attached hydrogens (tertiary/aromatic N) is 2. The van der Waals surface area contributed by atoms with Crippen LogP contribution in [0.3, 0.4) is 0 Å². The Morgan fingerprint density at radius 1 is 1.06 bits per heavy atom. The van der Waals surface area contributed by atoms with Gasteiger partial charge in [0.25, 0.3) is 11.8 Å². The molecule has 0 radical (unpaired) electrons. The number of carbonyl (C=O) groups is 5. The predicted molar refractivity (Wildman–Crippen MR) is 116 cm³/mol. The van der Waals surface area contributed by atoms with Crippen molar-refractivity contribution in [1.29, 1.82) is 0 Å². The van der Waals surface area contributed by atoms with Crippen molar-refractivity contribution in [3.05, 3.63) is 0 Å². The Hall–Kier alpha value is -2.49. The molecule has 0 bridgehead atoms. The van der Waals surface area contributed by atoms with E-state index in [1.54, 1.807) is 0 Å². The first-order valence-corrected chi connectivity index (χ1v) is 11.5. The Kier molecular flexibility index (Phi) is 9.61. The lowest BCUT2D eigenvalue weighted by Crippen LogP contribution is -2.47. The van der Waals surface area contributed by atoms with Crippen LogP contribution < -0.4 is 10.6 Å². The van der Waals surface area contributed by atoms with Gasteiger partial charge in [0.15, 0.2) is 0 Å². The third-order valence-electron chi connectivity index (χ3n) is 5.82. The Balaban J connectivity index is 1.62. The second kappa shape index (κ2) is 11.9. The topological polar surface area (TPSA) is 125 Å². The lowest BCUT2D eigenvalue weighted by molar-refractivity contribution is -0.197. The first-order chi connectivity index (χ1) is 15.1. The average molecular weight is 453 g/mol. The van der Waals surface area contributed by atoms with Crippen molar-refractivity contribution in [2.45, 2.75) is 78.2 Å². The van der Waals surface area contributed by atoms with Crippen molar-refractivity contribution in [2.75, 3.05) is 26.2 Å². The predicted octanol–water partition coefficient (Wildman–Crippen LogP) is 0.897. The highest BCUT2D eigenvalue weighted by molar-refractivity contribution is 6.01. The minimum atomic E-state index is -0.771. The van der Waals surface area contributed by atoms with Crippen molar-refractivity contribution >= 4 is 29.6 Å². The van der Waals surface area contributed by atoms with Crippen LogP contribution in [0, 0.1) is 5.41 Å². The second-order valence-electron chi connectivity index (χ2n) is 9.09. The minimum absolute atomic E-state index is 0.0150. The Morgan fingerprint density at radius 3 is 2.38 bits per heavy atom. The van der Waals surface area contributed by atoms with E-state index >= 15 is 0 Å². The molecule has 32 heavy (non-hydrogen) atoms. The quantitative estimate of drug-likeness (QED) is 0.421. The second-order valence-corrected chi connectivity index (χ2v) is 9.09. The van der Waals surface area contributed by atoms with E-state index in [4.69, 9.17) is 4.84 Å². The van der Waals surface area contributed by atoms with E-state index in [0.717, 1.165) is 19.4 Å². The molecule has 2 rings (SSSR count). The summed E-state index contributed by atoms with van der Waals surface area (Å²) in [6.45, 7) is 7.95. The van der Waals surface area contributed by atoms with E-state index < -0.39 is 23.2 Å². The maximum Gasteiger partial charge on any atom is 0.334 e. The highest BCUT2D eigenvalue weighted by Gasteiger charge is 2.34. The normalized spacial score (nSPS) is 19.3. The molecule has 0 aromatic rings. The van der Waals surface area contributed by atoms with Crippen LogP contribution in [0.25, 0.3) is 0 Å². The number of hydrogen-bond acceptors (Lipinski definition) is 7. The lowest BCUT2D eigenvalue weighted by Gasteiger charge is -2.32. The van der Waals surface area contributed by atoms with Gasteiger partial charge < -0.3 is 15.5 Å². The Bertz CT molecular complexity index is 707. The van der Waals surface area contributed by atoms with E-state index in [0.29, 0.717) is 17.6 Å². The lowest BCUT2D eigenvalue weighted by atomic mass is 9.91. The molecule has 0 spiro atoms. The number of hydrogen-bond donors (Lipinski definition) is 2. The molecule has 2 saturated heterocycles. The van der Waals surface area contributed by atoms with Gasteiger partial charge in [-0.25, -0.2) is 4.79 Å². The summed E-state index contributed by atoms with van der Waals surface area (Å²) in [4.78, 5) is 66.2. The summed E-state index contributed by atoms with van der Waals surface area (Å²) in [7, 11) is 0. The molecule has 2 heterocycles. The molecule has 0 aromatic carbocycles. The van der Waals surface area contributed by atoms with Crippen LogP contribution in [0.1, 0.15) is 72.1 Å². The fourth-order valence-electron chi connectivity index (χ4n) is 4.07. The van der Waals surface area contributed by atoms with Crippen LogP contribution in [0.15, 0.2) is 0 Å². The van der Waals surface area contributed by atoms with Gasteiger partial charge in [-0.15, -0.1) is 5.06 Å². The molecule has 2 aliphatic heterocycles. The molecule has 1 unspecified atom stereocenters. The number of likely N-dealkylation sites (tertiary alicyclic amines) is 1. The van der Waals surface area contributed by atoms with Gasteiger partial charge in [-0.1, -0.05) is 13.3 Å². The molecule has 4 amide bonds. The van der Waals surface area contributed by atoms with E-state index in [-0.39, 0.29) is 50.6 Å². The molecular formula is C22H36N4O6. The molecule has 0 saturated carbocycles. The molecule has 10 nitrogen and oxygen atoms in total. The van der Waals surface area contributed by atoms with Crippen LogP contribution in [0.4, 0.5) is 0 Å². The molecule has 0 aliphatic carbocycles. The van der Waals surface area contributed by atoms with Crippen molar-refractivity contribution in [1.82, 2.24) is 20.6 Å². The molecule has 1 atom stereocenters. The Labute approximate surface area is 189 Å². The van der Waals surface area contributed by atoms with Crippen molar-refractivity contribution in [3.63, 3.8) is 0 Å². The van der Waals surface area contributed by atoms with Gasteiger partial charge in [0.05, 0.1) is 11.8 Å². The van der Waals surface area contributed by atoms with Crippen LogP contribution in [0.2, 0.25) is 0 Å². The molecule has 0 aromatic heterocycles. The highest BCUT2D eigenvalue weighted by atomic mass is 16.7. The number of rotatable bonds is 12. The first kappa shape index (κ1) is 25.8. The summed E-state index contributed by atoms with van der Waals surface area (Å²) in [5, 5.41) is 5.88. The summed E-state index contributed by atoms with van der Waals surface area (Å²) < 4.78 is 0. The van der Waals surface area contributed by atoms with Gasteiger partial charge in [0.1, 0.15) is 0 Å².